The van der Waals surface area contributed by atoms with Gasteiger partial charge in [-0.15, -0.1) is 0 Å². The van der Waals surface area contributed by atoms with E-state index < -0.39 is 0 Å². The van der Waals surface area contributed by atoms with E-state index >= 15 is 0 Å². The summed E-state index contributed by atoms with van der Waals surface area (Å²) in [5, 5.41) is 0. The van der Waals surface area contributed by atoms with Crippen LogP contribution >= 0.6 is 0 Å². The van der Waals surface area contributed by atoms with Gasteiger partial charge in [0.05, 0.1) is 12.1 Å². The molecule has 0 aromatic heterocycles. The summed E-state index contributed by atoms with van der Waals surface area (Å²) in [7, 11) is 0. The molecule has 0 saturated heterocycles. The zero-order chi connectivity index (χ0) is 11.7. The van der Waals surface area contributed by atoms with E-state index in [1.54, 1.807) is 12.1 Å². The van der Waals surface area contributed by atoms with Crippen LogP contribution in [0.15, 0.2) is 18.2 Å². The third-order valence-corrected chi connectivity index (χ3v) is 3.89. The molecular weight excluding hydrogens is 217 g/mol. The molecule has 0 aliphatic heterocycles. The Morgan fingerprint density at radius 1 is 1.18 bits per heavy atom. The molecule has 1 atom stereocenters. The highest BCUT2D eigenvalue weighted by Gasteiger charge is 2.26. The highest BCUT2D eigenvalue weighted by atomic mass is 19.1. The topological polar surface area (TPSA) is 21.3 Å². The first-order valence-corrected chi connectivity index (χ1v) is 6.53. The molecule has 0 bridgehead atoms. The van der Waals surface area contributed by atoms with E-state index in [0.29, 0.717) is 6.10 Å². The van der Waals surface area contributed by atoms with Crippen LogP contribution in [-0.4, -0.2) is 6.10 Å². The summed E-state index contributed by atoms with van der Waals surface area (Å²) in [5.74, 6) is -0.0762. The first-order chi connectivity index (χ1) is 8.34. The Hall–Kier alpha value is -0.930. The minimum atomic E-state index is -0.0762. The van der Waals surface area contributed by atoms with Gasteiger partial charge in [-0.05, 0) is 42.9 Å². The summed E-state index contributed by atoms with van der Waals surface area (Å²) in [6.07, 6.45) is 6.93. The number of hydrogen-bond acceptors (Lipinski definition) is 2. The first-order valence-electron chi connectivity index (χ1n) is 6.53. The molecule has 1 unspecified atom stereocenters. The molecule has 2 aliphatic rings. The number of rotatable bonds is 3. The molecule has 2 nitrogen and oxygen atoms in total. The fourth-order valence-corrected chi connectivity index (χ4v) is 2.92. The van der Waals surface area contributed by atoms with Gasteiger partial charge in [-0.1, -0.05) is 25.0 Å². The van der Waals surface area contributed by atoms with Crippen LogP contribution in [0.25, 0.3) is 0 Å². The smallest absolute Gasteiger partial charge is 0.126 e. The van der Waals surface area contributed by atoms with Crippen molar-refractivity contribution < 1.29 is 9.23 Å². The number of hydroxylamine groups is 1. The predicted octanol–water partition coefficient (Wildman–Crippen LogP) is 3.28. The second-order valence-electron chi connectivity index (χ2n) is 5.04. The molecule has 3 heteroatoms. The maximum Gasteiger partial charge on any atom is 0.126 e. The first kappa shape index (κ1) is 11.2. The minimum absolute atomic E-state index is 0.0762. The van der Waals surface area contributed by atoms with Crippen molar-refractivity contribution in [3.63, 3.8) is 0 Å². The molecule has 0 radical (unpaired) electrons. The van der Waals surface area contributed by atoms with Crippen molar-refractivity contribution in [3.05, 3.63) is 35.1 Å². The molecule has 1 N–H and O–H groups in total. The van der Waals surface area contributed by atoms with Crippen molar-refractivity contribution in [2.24, 2.45) is 0 Å². The summed E-state index contributed by atoms with van der Waals surface area (Å²) in [6.45, 7) is 0. The molecule has 0 spiro atoms. The Kier molecular flexibility index (Phi) is 3.12. The normalized spacial score (nSPS) is 24.2. The van der Waals surface area contributed by atoms with E-state index in [1.165, 1.54) is 12.8 Å². The molecule has 1 aromatic rings. The fourth-order valence-electron chi connectivity index (χ4n) is 2.92. The Balaban J connectivity index is 1.65. The monoisotopic (exact) mass is 235 g/mol. The van der Waals surface area contributed by atoms with Gasteiger partial charge in [-0.25, -0.2) is 4.39 Å². The summed E-state index contributed by atoms with van der Waals surface area (Å²) < 4.78 is 13.5. The molecule has 1 fully saturated rings. The third kappa shape index (κ3) is 2.22. The molecule has 92 valence electrons. The van der Waals surface area contributed by atoms with Crippen molar-refractivity contribution in [1.82, 2.24) is 5.48 Å². The van der Waals surface area contributed by atoms with Crippen molar-refractivity contribution in [2.45, 2.75) is 50.7 Å². The summed E-state index contributed by atoms with van der Waals surface area (Å²) >= 11 is 0. The minimum Gasteiger partial charge on any atom is -0.298 e. The Morgan fingerprint density at radius 3 is 2.82 bits per heavy atom. The Bertz CT molecular complexity index is 401. The van der Waals surface area contributed by atoms with E-state index in [-0.39, 0.29) is 11.9 Å². The molecule has 0 heterocycles. The molecule has 1 saturated carbocycles. The molecule has 0 amide bonds. The van der Waals surface area contributed by atoms with Gasteiger partial charge < -0.3 is 0 Å². The lowest BCUT2D eigenvalue weighted by atomic mass is 10.1. The lowest BCUT2D eigenvalue weighted by Crippen LogP contribution is -2.25. The third-order valence-electron chi connectivity index (χ3n) is 3.89. The van der Waals surface area contributed by atoms with E-state index in [0.717, 1.165) is 36.8 Å². The van der Waals surface area contributed by atoms with Crippen LogP contribution in [0, 0.1) is 5.82 Å². The molecule has 1 aromatic carbocycles. The highest BCUT2D eigenvalue weighted by Crippen LogP contribution is 2.33. The van der Waals surface area contributed by atoms with Gasteiger partial charge in [0.2, 0.25) is 0 Å². The number of fused-ring (bicyclic) bond motifs is 1. The van der Waals surface area contributed by atoms with Crippen molar-refractivity contribution >= 4 is 0 Å². The number of benzene rings is 1. The van der Waals surface area contributed by atoms with Crippen LogP contribution in [0.4, 0.5) is 4.39 Å². The standard InChI is InChI=1S/C14H18FNO/c15-13-7-3-6-12-11(13)8-9-14(12)16-17-10-4-1-2-5-10/h3,6-7,10,14,16H,1-2,4-5,8-9H2. The average molecular weight is 235 g/mol. The fraction of sp³-hybridized carbons (Fsp3) is 0.571. The maximum atomic E-state index is 13.5. The van der Waals surface area contributed by atoms with E-state index in [1.807, 2.05) is 6.07 Å². The van der Waals surface area contributed by atoms with Crippen LogP contribution in [0.2, 0.25) is 0 Å². The van der Waals surface area contributed by atoms with Crippen molar-refractivity contribution in [3.8, 4) is 0 Å². The van der Waals surface area contributed by atoms with E-state index in [4.69, 9.17) is 4.84 Å². The summed E-state index contributed by atoms with van der Waals surface area (Å²) in [6, 6.07) is 5.49. The Labute approximate surface area is 101 Å². The molecule has 2 aliphatic carbocycles. The van der Waals surface area contributed by atoms with Crippen molar-refractivity contribution in [1.29, 1.82) is 0 Å². The summed E-state index contributed by atoms with van der Waals surface area (Å²) in [5.41, 5.74) is 5.07. The second-order valence-corrected chi connectivity index (χ2v) is 5.04. The van der Waals surface area contributed by atoms with Gasteiger partial charge >= 0.3 is 0 Å². The molecular formula is C14H18FNO. The predicted molar refractivity (Wildman–Crippen MR) is 63.9 cm³/mol. The Morgan fingerprint density at radius 2 is 2.00 bits per heavy atom. The zero-order valence-electron chi connectivity index (χ0n) is 9.92. The summed E-state index contributed by atoms with van der Waals surface area (Å²) in [4.78, 5) is 5.71. The van der Waals surface area contributed by atoms with Crippen LogP contribution in [0.1, 0.15) is 49.3 Å². The average Bonchev–Trinajstić information content (AvgIpc) is 2.95. The quantitative estimate of drug-likeness (QED) is 0.812. The maximum absolute atomic E-state index is 13.5. The number of halogens is 1. The number of hydrogen-bond donors (Lipinski definition) is 1. The van der Waals surface area contributed by atoms with Gasteiger partial charge in [0.15, 0.2) is 0 Å². The van der Waals surface area contributed by atoms with Gasteiger partial charge in [-0.2, -0.15) is 5.48 Å². The lowest BCUT2D eigenvalue weighted by Gasteiger charge is -2.17. The van der Waals surface area contributed by atoms with Crippen LogP contribution < -0.4 is 5.48 Å². The van der Waals surface area contributed by atoms with Crippen LogP contribution in [-0.2, 0) is 11.3 Å². The van der Waals surface area contributed by atoms with Crippen molar-refractivity contribution in [2.75, 3.05) is 0 Å². The SMILES string of the molecule is Fc1cccc2c1CCC2NOC1CCCC1. The van der Waals surface area contributed by atoms with Gasteiger partial charge in [0, 0.05) is 0 Å². The van der Waals surface area contributed by atoms with E-state index in [2.05, 4.69) is 5.48 Å². The number of nitrogens with one attached hydrogen (secondary N) is 1. The van der Waals surface area contributed by atoms with Gasteiger partial charge in [0.25, 0.3) is 0 Å². The lowest BCUT2D eigenvalue weighted by molar-refractivity contribution is -0.0405. The van der Waals surface area contributed by atoms with Gasteiger partial charge in [-0.3, -0.25) is 4.84 Å². The van der Waals surface area contributed by atoms with Crippen LogP contribution in [0.3, 0.4) is 0 Å². The second kappa shape index (κ2) is 4.75. The largest absolute Gasteiger partial charge is 0.298 e. The zero-order valence-corrected chi connectivity index (χ0v) is 9.92. The molecule has 3 rings (SSSR count). The highest BCUT2D eigenvalue weighted by molar-refractivity contribution is 5.35. The van der Waals surface area contributed by atoms with Crippen LogP contribution in [0.5, 0.6) is 0 Å². The molecule has 17 heavy (non-hydrogen) atoms. The van der Waals surface area contributed by atoms with E-state index in [9.17, 15) is 4.39 Å². The van der Waals surface area contributed by atoms with Gasteiger partial charge in [0.1, 0.15) is 5.82 Å².